The number of allylic oxidation sites excluding steroid dienone is 1. The molecule has 0 aromatic heterocycles. The van der Waals surface area contributed by atoms with Gasteiger partial charge in [-0.05, 0) is 30.4 Å². The molecule has 2 heteroatoms. The number of hydrogen-bond acceptors (Lipinski definition) is 2. The first-order valence-corrected chi connectivity index (χ1v) is 5.70. The van der Waals surface area contributed by atoms with Gasteiger partial charge in [-0.15, -0.1) is 0 Å². The molecular formula is C14H16O2. The maximum absolute atomic E-state index is 11.8. The topological polar surface area (TPSA) is 26.3 Å². The molecule has 0 amide bonds. The summed E-state index contributed by atoms with van der Waals surface area (Å²) in [5.74, 6) is 0.274. The van der Waals surface area contributed by atoms with Gasteiger partial charge in [0.05, 0.1) is 12.2 Å². The van der Waals surface area contributed by atoms with Crippen LogP contribution in [-0.4, -0.2) is 12.6 Å². The van der Waals surface area contributed by atoms with Gasteiger partial charge in [-0.25, -0.2) is 4.79 Å². The second-order valence-corrected chi connectivity index (χ2v) is 4.06. The van der Waals surface area contributed by atoms with E-state index in [1.165, 1.54) is 5.56 Å². The summed E-state index contributed by atoms with van der Waals surface area (Å²) in [6.45, 7) is 4.43. The first-order valence-electron chi connectivity index (χ1n) is 5.70. The molecule has 2 nitrogen and oxygen atoms in total. The minimum Gasteiger partial charge on any atom is -0.462 e. The molecule has 1 aromatic carbocycles. The lowest BCUT2D eigenvalue weighted by atomic mass is 9.84. The molecular weight excluding hydrogens is 200 g/mol. The number of rotatable bonds is 2. The van der Waals surface area contributed by atoms with Gasteiger partial charge in [-0.3, -0.25) is 0 Å². The van der Waals surface area contributed by atoms with E-state index >= 15 is 0 Å². The quantitative estimate of drug-likeness (QED) is 0.710. The SMILES string of the molecule is CCOC(=O)C1=CC[C@H](C)c2ccccc21. The number of carbonyl (C=O) groups is 1. The fourth-order valence-electron chi connectivity index (χ4n) is 2.11. The largest absolute Gasteiger partial charge is 0.462 e. The molecule has 0 unspecified atom stereocenters. The summed E-state index contributed by atoms with van der Waals surface area (Å²) in [5.41, 5.74) is 2.99. The van der Waals surface area contributed by atoms with E-state index in [9.17, 15) is 4.79 Å². The molecule has 1 aromatic rings. The van der Waals surface area contributed by atoms with Crippen molar-refractivity contribution in [2.45, 2.75) is 26.2 Å². The van der Waals surface area contributed by atoms with Gasteiger partial charge in [0, 0.05) is 0 Å². The van der Waals surface area contributed by atoms with E-state index in [2.05, 4.69) is 13.0 Å². The number of ether oxygens (including phenoxy) is 1. The Morgan fingerprint density at radius 2 is 2.19 bits per heavy atom. The fourth-order valence-corrected chi connectivity index (χ4v) is 2.11. The van der Waals surface area contributed by atoms with Crippen molar-refractivity contribution in [1.29, 1.82) is 0 Å². The van der Waals surface area contributed by atoms with E-state index in [-0.39, 0.29) is 5.97 Å². The van der Waals surface area contributed by atoms with Crippen molar-refractivity contribution >= 4 is 11.5 Å². The molecule has 0 heterocycles. The average molecular weight is 216 g/mol. The highest BCUT2D eigenvalue weighted by atomic mass is 16.5. The zero-order valence-corrected chi connectivity index (χ0v) is 9.69. The van der Waals surface area contributed by atoms with Crippen LogP contribution in [0.25, 0.3) is 5.57 Å². The Kier molecular flexibility index (Phi) is 3.09. The molecule has 1 aliphatic carbocycles. The van der Waals surface area contributed by atoms with E-state index in [1.807, 2.05) is 31.2 Å². The van der Waals surface area contributed by atoms with Crippen LogP contribution in [0.2, 0.25) is 0 Å². The van der Waals surface area contributed by atoms with Crippen molar-refractivity contribution in [3.05, 3.63) is 41.5 Å². The summed E-state index contributed by atoms with van der Waals surface area (Å²) < 4.78 is 5.07. The van der Waals surface area contributed by atoms with Crippen LogP contribution in [0.4, 0.5) is 0 Å². The molecule has 84 valence electrons. The molecule has 0 spiro atoms. The minimum atomic E-state index is -0.207. The van der Waals surface area contributed by atoms with Gasteiger partial charge in [-0.1, -0.05) is 37.3 Å². The first kappa shape index (κ1) is 10.9. The van der Waals surface area contributed by atoms with Gasteiger partial charge < -0.3 is 4.74 Å². The molecule has 2 rings (SSSR count). The highest BCUT2D eigenvalue weighted by Crippen LogP contribution is 2.34. The van der Waals surface area contributed by atoms with Crippen LogP contribution in [-0.2, 0) is 9.53 Å². The summed E-state index contributed by atoms with van der Waals surface area (Å²) in [4.78, 5) is 11.8. The summed E-state index contributed by atoms with van der Waals surface area (Å²) in [6.07, 6.45) is 2.90. The Balaban J connectivity index is 2.39. The molecule has 1 atom stereocenters. The highest BCUT2D eigenvalue weighted by molar-refractivity contribution is 6.17. The monoisotopic (exact) mass is 216 g/mol. The lowest BCUT2D eigenvalue weighted by Crippen LogP contribution is -2.13. The second-order valence-electron chi connectivity index (χ2n) is 4.06. The third kappa shape index (κ3) is 1.87. The van der Waals surface area contributed by atoms with Crippen molar-refractivity contribution in [2.24, 2.45) is 0 Å². The number of benzene rings is 1. The van der Waals surface area contributed by atoms with Gasteiger partial charge in [0.2, 0.25) is 0 Å². The summed E-state index contributed by atoms with van der Waals surface area (Å²) in [5, 5.41) is 0. The normalized spacial score (nSPS) is 18.6. The van der Waals surface area contributed by atoms with Crippen LogP contribution in [0, 0.1) is 0 Å². The Morgan fingerprint density at radius 3 is 2.94 bits per heavy atom. The highest BCUT2D eigenvalue weighted by Gasteiger charge is 2.22. The zero-order valence-electron chi connectivity index (χ0n) is 9.69. The zero-order chi connectivity index (χ0) is 11.5. The maximum Gasteiger partial charge on any atom is 0.338 e. The van der Waals surface area contributed by atoms with Crippen LogP contribution in [0.15, 0.2) is 30.3 Å². The molecule has 0 aliphatic heterocycles. The Morgan fingerprint density at radius 1 is 1.44 bits per heavy atom. The Hall–Kier alpha value is -1.57. The maximum atomic E-state index is 11.8. The molecule has 0 fully saturated rings. The molecule has 0 saturated carbocycles. The summed E-state index contributed by atoms with van der Waals surface area (Å²) >= 11 is 0. The van der Waals surface area contributed by atoms with E-state index in [1.54, 1.807) is 0 Å². The Labute approximate surface area is 95.9 Å². The van der Waals surface area contributed by atoms with Gasteiger partial charge >= 0.3 is 5.97 Å². The smallest absolute Gasteiger partial charge is 0.338 e. The van der Waals surface area contributed by atoms with E-state index in [0.29, 0.717) is 12.5 Å². The predicted octanol–water partition coefficient (Wildman–Crippen LogP) is 3.14. The molecule has 0 saturated heterocycles. The number of fused-ring (bicyclic) bond motifs is 1. The lowest BCUT2D eigenvalue weighted by Gasteiger charge is -2.21. The summed E-state index contributed by atoms with van der Waals surface area (Å²) in [6, 6.07) is 8.06. The predicted molar refractivity (Wildman–Crippen MR) is 64.1 cm³/mol. The third-order valence-corrected chi connectivity index (χ3v) is 2.95. The fraction of sp³-hybridized carbons (Fsp3) is 0.357. The molecule has 16 heavy (non-hydrogen) atoms. The molecule has 0 N–H and O–H groups in total. The van der Waals surface area contributed by atoms with Crippen LogP contribution in [0.3, 0.4) is 0 Å². The average Bonchev–Trinajstić information content (AvgIpc) is 2.30. The molecule has 1 aliphatic rings. The van der Waals surface area contributed by atoms with Gasteiger partial charge in [0.25, 0.3) is 0 Å². The van der Waals surface area contributed by atoms with Gasteiger partial charge in [-0.2, -0.15) is 0 Å². The molecule has 0 bridgehead atoms. The molecule has 0 radical (unpaired) electrons. The van der Waals surface area contributed by atoms with Crippen molar-refractivity contribution in [3.63, 3.8) is 0 Å². The van der Waals surface area contributed by atoms with Crippen molar-refractivity contribution in [1.82, 2.24) is 0 Å². The van der Waals surface area contributed by atoms with Crippen LogP contribution < -0.4 is 0 Å². The van der Waals surface area contributed by atoms with Crippen molar-refractivity contribution < 1.29 is 9.53 Å². The van der Waals surface area contributed by atoms with Crippen LogP contribution >= 0.6 is 0 Å². The Bertz CT molecular complexity index is 432. The standard InChI is InChI=1S/C14H16O2/c1-3-16-14(15)13-9-8-10(2)11-6-4-5-7-12(11)13/h4-7,9-10H,3,8H2,1-2H3/t10-/m0/s1. The van der Waals surface area contributed by atoms with E-state index in [4.69, 9.17) is 4.74 Å². The summed E-state index contributed by atoms with van der Waals surface area (Å²) in [7, 11) is 0. The van der Waals surface area contributed by atoms with Crippen molar-refractivity contribution in [3.8, 4) is 0 Å². The van der Waals surface area contributed by atoms with E-state index < -0.39 is 0 Å². The van der Waals surface area contributed by atoms with Crippen molar-refractivity contribution in [2.75, 3.05) is 6.61 Å². The van der Waals surface area contributed by atoms with Crippen LogP contribution in [0.5, 0.6) is 0 Å². The lowest BCUT2D eigenvalue weighted by molar-refractivity contribution is -0.136. The minimum absolute atomic E-state index is 0.207. The third-order valence-electron chi connectivity index (χ3n) is 2.95. The van der Waals surface area contributed by atoms with Gasteiger partial charge in [0.15, 0.2) is 0 Å². The van der Waals surface area contributed by atoms with E-state index in [0.717, 1.165) is 17.6 Å². The number of carbonyl (C=O) groups excluding carboxylic acids is 1. The number of esters is 1. The van der Waals surface area contributed by atoms with Crippen LogP contribution in [0.1, 0.15) is 37.3 Å². The first-order chi connectivity index (χ1) is 7.74. The van der Waals surface area contributed by atoms with Gasteiger partial charge in [0.1, 0.15) is 0 Å². The number of hydrogen-bond donors (Lipinski definition) is 0. The second kappa shape index (κ2) is 4.52.